The fourth-order valence-electron chi connectivity index (χ4n) is 8.00. The monoisotopic (exact) mass is 740 g/mol. The van der Waals surface area contributed by atoms with Crippen LogP contribution in [0.25, 0.3) is 22.0 Å². The van der Waals surface area contributed by atoms with Crippen LogP contribution in [0.5, 0.6) is 0 Å². The lowest BCUT2D eigenvalue weighted by molar-refractivity contribution is 0.0732. The Morgan fingerprint density at radius 3 is 2.70 bits per heavy atom. The number of hydrogen-bond acceptors (Lipinski definition) is 8. The molecule has 5 aromatic rings. The molecule has 9 heteroatoms. The molecule has 5 heterocycles. The number of pyridine rings is 1. The molecule has 3 aromatic carbocycles. The Labute approximate surface area is 321 Å². The van der Waals surface area contributed by atoms with Crippen LogP contribution in [0.3, 0.4) is 0 Å². The molecule has 2 aromatic heterocycles. The molecule has 8 nitrogen and oxygen atoms in total. The topological polar surface area (TPSA) is 95.5 Å². The van der Waals surface area contributed by atoms with Crippen molar-refractivity contribution in [2.45, 2.75) is 99.8 Å². The number of nitrogens with one attached hydrogen (secondary N) is 2. The summed E-state index contributed by atoms with van der Waals surface area (Å²) in [6, 6.07) is 28.2. The number of hydrogen-bond donors (Lipinski definition) is 2. The van der Waals surface area contributed by atoms with Gasteiger partial charge in [-0.1, -0.05) is 79.7 Å². The number of epoxide rings is 2. The Morgan fingerprint density at radius 2 is 1.85 bits per heavy atom. The van der Waals surface area contributed by atoms with Crippen molar-refractivity contribution in [3.05, 3.63) is 131 Å². The molecule has 7 atom stereocenters. The van der Waals surface area contributed by atoms with Crippen LogP contribution in [0.15, 0.2) is 112 Å². The zero-order chi connectivity index (χ0) is 36.8. The fourth-order valence-corrected chi connectivity index (χ4v) is 9.21. The molecule has 7 unspecified atom stereocenters. The third-order valence-corrected chi connectivity index (χ3v) is 12.6. The van der Waals surface area contributed by atoms with Gasteiger partial charge in [0.15, 0.2) is 5.76 Å². The number of aromatic nitrogens is 1. The third-order valence-electron chi connectivity index (χ3n) is 11.2. The molecule has 278 valence electrons. The van der Waals surface area contributed by atoms with Gasteiger partial charge in [0.2, 0.25) is 5.71 Å². The van der Waals surface area contributed by atoms with Crippen molar-refractivity contribution in [1.29, 1.82) is 0 Å². The van der Waals surface area contributed by atoms with Crippen molar-refractivity contribution in [3.63, 3.8) is 0 Å². The van der Waals surface area contributed by atoms with E-state index in [2.05, 4.69) is 101 Å². The van der Waals surface area contributed by atoms with Crippen molar-refractivity contribution >= 4 is 39.7 Å². The van der Waals surface area contributed by atoms with E-state index in [1.165, 1.54) is 27.2 Å². The van der Waals surface area contributed by atoms with Crippen LogP contribution >= 0.6 is 11.8 Å². The predicted octanol–water partition coefficient (Wildman–Crippen LogP) is 8.44. The number of rotatable bonds is 13. The fraction of sp³-hybridized carbons (Fsp3) is 0.378. The average molecular weight is 741 g/mol. The van der Waals surface area contributed by atoms with E-state index < -0.39 is 0 Å². The summed E-state index contributed by atoms with van der Waals surface area (Å²) in [4.78, 5) is 21.3. The van der Waals surface area contributed by atoms with Gasteiger partial charge in [-0.3, -0.25) is 15.4 Å². The van der Waals surface area contributed by atoms with E-state index in [-0.39, 0.29) is 41.9 Å². The number of carbonyl (C=O) groups is 1. The Morgan fingerprint density at radius 1 is 0.963 bits per heavy atom. The number of amides is 1. The van der Waals surface area contributed by atoms with Crippen LogP contribution in [-0.4, -0.2) is 64.8 Å². The summed E-state index contributed by atoms with van der Waals surface area (Å²) >= 11 is 1.92. The smallest absolute Gasteiger partial charge is 0.289 e. The Kier molecular flexibility index (Phi) is 9.92. The molecule has 2 fully saturated rings. The van der Waals surface area contributed by atoms with E-state index in [4.69, 9.17) is 13.9 Å². The summed E-state index contributed by atoms with van der Waals surface area (Å²) < 4.78 is 18.4. The van der Waals surface area contributed by atoms with Gasteiger partial charge in [0.1, 0.15) is 24.7 Å². The van der Waals surface area contributed by atoms with Crippen LogP contribution in [-0.2, 0) is 22.3 Å². The van der Waals surface area contributed by atoms with Crippen molar-refractivity contribution in [2.24, 2.45) is 0 Å². The molecule has 9 rings (SSSR count). The normalized spacial score (nSPS) is 24.5. The number of fused-ring (bicyclic) bond motifs is 6. The number of benzene rings is 3. The first kappa shape index (κ1) is 35.5. The first-order valence-corrected chi connectivity index (χ1v) is 20.5. The molecule has 1 amide bonds. The lowest BCUT2D eigenvalue weighted by Crippen LogP contribution is -2.40. The van der Waals surface area contributed by atoms with Crippen LogP contribution in [0, 0.1) is 6.92 Å². The minimum Gasteiger partial charge on any atom is -0.433 e. The van der Waals surface area contributed by atoms with Gasteiger partial charge in [-0.15, -0.1) is 11.8 Å². The number of aryl methyl sites for hydroxylation is 2. The highest BCUT2D eigenvalue weighted by Gasteiger charge is 2.48. The average Bonchev–Trinajstić information content (AvgIpc) is 4.09. The van der Waals surface area contributed by atoms with Crippen LogP contribution in [0.1, 0.15) is 72.0 Å². The second kappa shape index (κ2) is 15.1. The number of carbonyl (C=O) groups excluding carboxylic acids is 1. The highest BCUT2D eigenvalue weighted by Crippen LogP contribution is 2.47. The first-order chi connectivity index (χ1) is 26.4. The van der Waals surface area contributed by atoms with E-state index in [0.717, 1.165) is 54.0 Å². The molecular formula is C45H48N4O4S. The second-order valence-corrected chi connectivity index (χ2v) is 16.3. The van der Waals surface area contributed by atoms with Gasteiger partial charge in [-0.05, 0) is 98.0 Å². The van der Waals surface area contributed by atoms with Crippen molar-refractivity contribution in [3.8, 4) is 0 Å². The van der Waals surface area contributed by atoms with Gasteiger partial charge in [0, 0.05) is 46.1 Å². The molecule has 0 saturated carbocycles. The summed E-state index contributed by atoms with van der Waals surface area (Å²) in [6.45, 7) is 7.61. The largest absolute Gasteiger partial charge is 0.433 e. The predicted molar refractivity (Wildman–Crippen MR) is 215 cm³/mol. The molecule has 3 aliphatic heterocycles. The summed E-state index contributed by atoms with van der Waals surface area (Å²) in [5.74, 6) is 0.266. The maximum absolute atomic E-state index is 13.5. The zero-order valence-electron chi connectivity index (χ0n) is 31.2. The molecule has 2 N–H and O–H groups in total. The van der Waals surface area contributed by atoms with E-state index in [1.54, 1.807) is 0 Å². The van der Waals surface area contributed by atoms with E-state index >= 15 is 0 Å². The second-order valence-electron chi connectivity index (χ2n) is 15.1. The van der Waals surface area contributed by atoms with Crippen molar-refractivity contribution < 1.29 is 18.7 Å². The highest BCUT2D eigenvalue weighted by atomic mass is 32.2. The minimum absolute atomic E-state index is 0.0147. The van der Waals surface area contributed by atoms with Gasteiger partial charge in [-0.25, -0.2) is 4.98 Å². The number of ether oxygens (including phenoxy) is 2. The number of furan rings is 1. The Bertz CT molecular complexity index is 2230. The standard InChI is InChI=1S/C45H48N4O4S/c1-4-33(22-28-11-7-6-8-12-28)46-43-40(52-43)31-17-19-39-36(25-31)48-44-41(53-44)34-23-29(15-18-38(34)54-39)13-9-10-20-49(5-2)45(50)37-26-32-24-30-16-14-27(3)21-35(30)47-42(32)51-37/h6-8,11-12,14-19,21,23-26,33,36,39-41,43-44,46,48H,4-5,9-10,13,20,22H2,1-3H3. The summed E-state index contributed by atoms with van der Waals surface area (Å²) in [5, 5.41) is 9.70. The first-order valence-electron chi connectivity index (χ1n) is 19.6. The third kappa shape index (κ3) is 7.53. The Balaban J connectivity index is 0.783. The Hall–Kier alpha value is -4.25. The number of thioether (sulfide) groups is 1. The summed E-state index contributed by atoms with van der Waals surface area (Å²) in [6.07, 6.45) is 12.1. The van der Waals surface area contributed by atoms with Gasteiger partial charge < -0.3 is 18.8 Å². The molecule has 1 aliphatic carbocycles. The van der Waals surface area contributed by atoms with Crippen molar-refractivity contribution in [2.75, 3.05) is 13.1 Å². The van der Waals surface area contributed by atoms with E-state index in [0.29, 0.717) is 30.6 Å². The maximum Gasteiger partial charge on any atom is 0.289 e. The van der Waals surface area contributed by atoms with Crippen LogP contribution in [0.2, 0.25) is 0 Å². The van der Waals surface area contributed by atoms with E-state index in [1.807, 2.05) is 48.7 Å². The van der Waals surface area contributed by atoms with Crippen molar-refractivity contribution in [1.82, 2.24) is 20.5 Å². The minimum atomic E-state index is -0.0829. The summed E-state index contributed by atoms with van der Waals surface area (Å²) in [7, 11) is 0. The lowest BCUT2D eigenvalue weighted by Gasteiger charge is -2.28. The van der Waals surface area contributed by atoms with Gasteiger partial charge in [0.05, 0.1) is 5.52 Å². The van der Waals surface area contributed by atoms with Gasteiger partial charge in [-0.2, -0.15) is 0 Å². The molecule has 0 bridgehead atoms. The van der Waals surface area contributed by atoms with Gasteiger partial charge >= 0.3 is 0 Å². The quantitative estimate of drug-likeness (QED) is 0.0918. The van der Waals surface area contributed by atoms with Crippen LogP contribution in [0.4, 0.5) is 0 Å². The van der Waals surface area contributed by atoms with E-state index in [9.17, 15) is 4.79 Å². The summed E-state index contributed by atoms with van der Waals surface area (Å²) in [5.41, 5.74) is 7.71. The van der Waals surface area contributed by atoms with Gasteiger partial charge in [0.25, 0.3) is 5.91 Å². The molecule has 54 heavy (non-hydrogen) atoms. The molecule has 2 saturated heterocycles. The molecule has 4 aliphatic rings. The molecule has 0 spiro atoms. The lowest BCUT2D eigenvalue weighted by atomic mass is 9.98. The molecular weight excluding hydrogens is 693 g/mol. The maximum atomic E-state index is 13.5. The highest BCUT2D eigenvalue weighted by molar-refractivity contribution is 8.00. The number of unbranched alkanes of at least 4 members (excludes halogenated alkanes) is 1. The number of nitrogens with zero attached hydrogens (tertiary/aromatic N) is 2. The zero-order valence-corrected chi connectivity index (χ0v) is 32.0. The SMILES string of the molecule is CCC(Cc1ccccc1)NC1OC1C1=CC2NC3OC3c3cc(CCCCN(CC)C(=O)c4cc5cc6ccc(C)cc6nc5o4)ccc3SC2C=C1. The van der Waals surface area contributed by atoms with Crippen LogP contribution < -0.4 is 10.6 Å². The molecule has 0 radical (unpaired) electrons.